The summed E-state index contributed by atoms with van der Waals surface area (Å²) < 4.78 is 0. The van der Waals surface area contributed by atoms with Crippen molar-refractivity contribution in [2.45, 2.75) is 66.2 Å². The van der Waals surface area contributed by atoms with E-state index in [1.54, 1.807) is 0 Å². The van der Waals surface area contributed by atoms with E-state index in [0.29, 0.717) is 10.8 Å². The van der Waals surface area contributed by atoms with Crippen molar-refractivity contribution in [3.8, 4) is 0 Å². The van der Waals surface area contributed by atoms with Gasteiger partial charge in [-0.2, -0.15) is 0 Å². The van der Waals surface area contributed by atoms with Crippen LogP contribution in [0.3, 0.4) is 0 Å². The molecule has 1 unspecified atom stereocenters. The van der Waals surface area contributed by atoms with Gasteiger partial charge in [0, 0.05) is 0 Å². The maximum Gasteiger partial charge on any atom is 0.0543 e. The van der Waals surface area contributed by atoms with Gasteiger partial charge in [0.05, 0.1) is 5.38 Å². The van der Waals surface area contributed by atoms with E-state index < -0.39 is 0 Å². The normalized spacial score (nSPS) is 15.1. The largest absolute Gasteiger partial charge is 0.118 e. The Hall–Kier alpha value is 0.0300. The van der Waals surface area contributed by atoms with E-state index in [1.165, 1.54) is 5.57 Å². The van der Waals surface area contributed by atoms with Gasteiger partial charge < -0.3 is 0 Å². The van der Waals surface area contributed by atoms with Crippen LogP contribution in [-0.2, 0) is 0 Å². The molecule has 0 aliphatic heterocycles. The molecule has 0 aromatic rings. The third-order valence-electron chi connectivity index (χ3n) is 2.35. The van der Waals surface area contributed by atoms with Gasteiger partial charge in [-0.3, -0.25) is 0 Å². The van der Waals surface area contributed by atoms with Gasteiger partial charge in [0.25, 0.3) is 0 Å². The molecule has 90 valence electrons. The highest BCUT2D eigenvalue weighted by atomic mass is 35.5. The molecule has 0 rings (SSSR count). The maximum atomic E-state index is 6.34. The molecular weight excluding hydrogens is 204 g/mol. The molecule has 15 heavy (non-hydrogen) atoms. The Morgan fingerprint density at radius 2 is 1.53 bits per heavy atom. The van der Waals surface area contributed by atoms with Gasteiger partial charge >= 0.3 is 0 Å². The minimum atomic E-state index is 0.142. The second kappa shape index (κ2) is 5.39. The molecule has 0 heterocycles. The quantitative estimate of drug-likeness (QED) is 0.447. The van der Waals surface area contributed by atoms with Gasteiger partial charge in [-0.15, -0.1) is 11.6 Å². The fourth-order valence-electron chi connectivity index (χ4n) is 1.56. The predicted octanol–water partition coefficient (Wildman–Crippen LogP) is 5.41. The van der Waals surface area contributed by atoms with Crippen molar-refractivity contribution < 1.29 is 0 Å². The lowest BCUT2D eigenvalue weighted by molar-refractivity contribution is 0.359. The highest BCUT2D eigenvalue weighted by Crippen LogP contribution is 2.31. The lowest BCUT2D eigenvalue weighted by atomic mass is 9.84. The molecule has 0 amide bonds. The first-order valence-electron chi connectivity index (χ1n) is 5.83. The molecule has 0 aromatic heterocycles. The molecule has 0 bridgehead atoms. The van der Waals surface area contributed by atoms with Crippen LogP contribution in [0.1, 0.15) is 60.8 Å². The molecule has 1 atom stereocenters. The Morgan fingerprint density at radius 1 is 1.07 bits per heavy atom. The van der Waals surface area contributed by atoms with Crippen LogP contribution >= 0.6 is 11.6 Å². The van der Waals surface area contributed by atoms with E-state index in [-0.39, 0.29) is 5.38 Å². The molecule has 0 nitrogen and oxygen atoms in total. The van der Waals surface area contributed by atoms with E-state index >= 15 is 0 Å². The van der Waals surface area contributed by atoms with E-state index in [1.807, 2.05) is 0 Å². The summed E-state index contributed by atoms with van der Waals surface area (Å²) >= 11 is 6.34. The fraction of sp³-hybridized carbons (Fsp3) is 0.857. The van der Waals surface area contributed by atoms with Crippen LogP contribution in [0.2, 0.25) is 0 Å². The Labute approximate surface area is 101 Å². The molecule has 0 spiro atoms. The van der Waals surface area contributed by atoms with E-state index in [0.717, 1.165) is 19.3 Å². The smallest absolute Gasteiger partial charge is 0.0543 e. The predicted molar refractivity (Wildman–Crippen MR) is 71.5 cm³/mol. The summed E-state index contributed by atoms with van der Waals surface area (Å²) in [4.78, 5) is 0. The van der Waals surface area contributed by atoms with Crippen molar-refractivity contribution in [3.05, 3.63) is 12.2 Å². The van der Waals surface area contributed by atoms with Crippen molar-refractivity contribution in [1.82, 2.24) is 0 Å². The zero-order valence-corrected chi connectivity index (χ0v) is 12.0. The standard InChI is InChI=1S/C14H27Cl/c1-11(10-14(5,6)7)12(15)8-9-13(2,3)4/h12H,1,8-10H2,2-7H3. The second-order valence-corrected chi connectivity index (χ2v) is 7.49. The monoisotopic (exact) mass is 230 g/mol. The zero-order chi connectivity index (χ0) is 12.3. The first-order chi connectivity index (χ1) is 6.51. The SMILES string of the molecule is C=C(CC(C)(C)C)C(Cl)CCC(C)(C)C. The third kappa shape index (κ3) is 8.99. The molecule has 0 fully saturated rings. The van der Waals surface area contributed by atoms with Crippen LogP contribution in [0.4, 0.5) is 0 Å². The minimum absolute atomic E-state index is 0.142. The topological polar surface area (TPSA) is 0 Å². The van der Waals surface area contributed by atoms with Crippen molar-refractivity contribution in [2.75, 3.05) is 0 Å². The Kier molecular flexibility index (Phi) is 5.40. The Balaban J connectivity index is 4.01. The molecule has 0 radical (unpaired) electrons. The van der Waals surface area contributed by atoms with Gasteiger partial charge in [-0.25, -0.2) is 0 Å². The Bertz CT molecular complexity index is 202. The minimum Gasteiger partial charge on any atom is -0.118 e. The third-order valence-corrected chi connectivity index (χ3v) is 2.87. The van der Waals surface area contributed by atoms with E-state index in [4.69, 9.17) is 11.6 Å². The Morgan fingerprint density at radius 3 is 1.87 bits per heavy atom. The summed E-state index contributed by atoms with van der Waals surface area (Å²) in [6.07, 6.45) is 3.22. The van der Waals surface area contributed by atoms with E-state index in [2.05, 4.69) is 48.1 Å². The van der Waals surface area contributed by atoms with Crippen LogP contribution in [0, 0.1) is 10.8 Å². The average Bonchev–Trinajstić information content (AvgIpc) is 1.95. The van der Waals surface area contributed by atoms with Crippen molar-refractivity contribution in [2.24, 2.45) is 10.8 Å². The second-order valence-electron chi connectivity index (χ2n) is 6.96. The van der Waals surface area contributed by atoms with Crippen LogP contribution in [0.5, 0.6) is 0 Å². The van der Waals surface area contributed by atoms with Crippen LogP contribution in [0.25, 0.3) is 0 Å². The molecule has 1 heteroatoms. The zero-order valence-electron chi connectivity index (χ0n) is 11.3. The lowest BCUT2D eigenvalue weighted by Crippen LogP contribution is -2.14. The number of hydrogen-bond acceptors (Lipinski definition) is 0. The lowest BCUT2D eigenvalue weighted by Gasteiger charge is -2.25. The first-order valence-corrected chi connectivity index (χ1v) is 6.27. The number of rotatable bonds is 4. The molecule has 0 aliphatic carbocycles. The van der Waals surface area contributed by atoms with Crippen LogP contribution < -0.4 is 0 Å². The van der Waals surface area contributed by atoms with Gasteiger partial charge in [-0.1, -0.05) is 53.7 Å². The fourth-order valence-corrected chi connectivity index (χ4v) is 1.74. The van der Waals surface area contributed by atoms with Crippen molar-refractivity contribution in [3.63, 3.8) is 0 Å². The molecular formula is C14H27Cl. The van der Waals surface area contributed by atoms with Crippen LogP contribution in [0.15, 0.2) is 12.2 Å². The van der Waals surface area contributed by atoms with Crippen LogP contribution in [-0.4, -0.2) is 5.38 Å². The highest BCUT2D eigenvalue weighted by Gasteiger charge is 2.19. The summed E-state index contributed by atoms with van der Waals surface area (Å²) in [6, 6.07) is 0. The molecule has 0 N–H and O–H groups in total. The molecule has 0 saturated carbocycles. The molecule has 0 saturated heterocycles. The van der Waals surface area contributed by atoms with E-state index in [9.17, 15) is 0 Å². The van der Waals surface area contributed by atoms with Crippen molar-refractivity contribution in [1.29, 1.82) is 0 Å². The van der Waals surface area contributed by atoms with Gasteiger partial charge in [0.15, 0.2) is 0 Å². The number of hydrogen-bond donors (Lipinski definition) is 0. The summed E-state index contributed by atoms with van der Waals surface area (Å²) in [6.45, 7) is 17.6. The van der Waals surface area contributed by atoms with Gasteiger partial charge in [0.2, 0.25) is 0 Å². The highest BCUT2D eigenvalue weighted by molar-refractivity contribution is 6.22. The maximum absolute atomic E-state index is 6.34. The summed E-state index contributed by atoms with van der Waals surface area (Å²) in [7, 11) is 0. The molecule has 0 aliphatic rings. The molecule has 0 aromatic carbocycles. The average molecular weight is 231 g/mol. The summed E-state index contributed by atoms with van der Waals surface area (Å²) in [5.74, 6) is 0. The number of alkyl halides is 1. The van der Waals surface area contributed by atoms with Crippen molar-refractivity contribution >= 4 is 11.6 Å². The first kappa shape index (κ1) is 15.0. The van der Waals surface area contributed by atoms with Gasteiger partial charge in [-0.05, 0) is 30.1 Å². The number of halogens is 1. The number of allylic oxidation sites excluding steroid dienone is 1. The summed E-state index contributed by atoms with van der Waals surface area (Å²) in [5.41, 5.74) is 1.86. The van der Waals surface area contributed by atoms with Gasteiger partial charge in [0.1, 0.15) is 0 Å². The summed E-state index contributed by atoms with van der Waals surface area (Å²) in [5, 5.41) is 0.142.